The van der Waals surface area contributed by atoms with E-state index in [0.717, 1.165) is 23.6 Å². The number of anilines is 1. The van der Waals surface area contributed by atoms with E-state index in [1.54, 1.807) is 11.3 Å². The first kappa shape index (κ1) is 13.0. The molecule has 0 amide bonds. The van der Waals surface area contributed by atoms with E-state index in [4.69, 9.17) is 0 Å². The summed E-state index contributed by atoms with van der Waals surface area (Å²) in [6, 6.07) is 2.04. The lowest BCUT2D eigenvalue weighted by Gasteiger charge is -2.09. The van der Waals surface area contributed by atoms with E-state index in [0.29, 0.717) is 11.9 Å². The molecular formula is C13H18N4S. The summed E-state index contributed by atoms with van der Waals surface area (Å²) >= 11 is 1.65. The number of thiazole rings is 1. The van der Waals surface area contributed by atoms with Gasteiger partial charge in [0.15, 0.2) is 0 Å². The Labute approximate surface area is 112 Å². The van der Waals surface area contributed by atoms with Gasteiger partial charge >= 0.3 is 0 Å². The average molecular weight is 262 g/mol. The molecule has 0 saturated carbocycles. The summed E-state index contributed by atoms with van der Waals surface area (Å²) in [7, 11) is 0. The van der Waals surface area contributed by atoms with Crippen LogP contribution in [-0.2, 0) is 6.54 Å². The lowest BCUT2D eigenvalue weighted by Crippen LogP contribution is -2.07. The fourth-order valence-electron chi connectivity index (χ4n) is 1.62. The predicted octanol–water partition coefficient (Wildman–Crippen LogP) is 3.29. The van der Waals surface area contributed by atoms with E-state index in [-0.39, 0.29) is 0 Å². The van der Waals surface area contributed by atoms with E-state index >= 15 is 0 Å². The van der Waals surface area contributed by atoms with Gasteiger partial charge in [-0.15, -0.1) is 11.3 Å². The first-order valence-corrected chi connectivity index (χ1v) is 6.92. The molecule has 0 aliphatic heterocycles. The predicted molar refractivity (Wildman–Crippen MR) is 75.0 cm³/mol. The minimum atomic E-state index is 0.414. The molecule has 2 rings (SSSR count). The molecule has 2 aromatic rings. The minimum Gasteiger partial charge on any atom is -0.349 e. The molecule has 0 radical (unpaired) electrons. The van der Waals surface area contributed by atoms with Crippen LogP contribution in [0.5, 0.6) is 0 Å². The van der Waals surface area contributed by atoms with Gasteiger partial charge < -0.3 is 5.32 Å². The Balaban J connectivity index is 2.12. The van der Waals surface area contributed by atoms with Crippen LogP contribution in [0.2, 0.25) is 0 Å². The molecule has 0 aromatic carbocycles. The van der Waals surface area contributed by atoms with Crippen molar-refractivity contribution in [1.82, 2.24) is 15.0 Å². The summed E-state index contributed by atoms with van der Waals surface area (Å²) in [5.74, 6) is 1.11. The monoisotopic (exact) mass is 262 g/mol. The Morgan fingerprint density at radius 3 is 2.67 bits per heavy atom. The van der Waals surface area contributed by atoms with Crippen LogP contribution in [0.15, 0.2) is 11.6 Å². The van der Waals surface area contributed by atoms with Crippen molar-refractivity contribution in [2.45, 2.75) is 40.2 Å². The number of nitrogens with zero attached hydrogens (tertiary/aromatic N) is 3. The molecule has 0 aliphatic carbocycles. The van der Waals surface area contributed by atoms with Gasteiger partial charge in [0.05, 0.1) is 17.7 Å². The SMILES string of the molecule is Cc1cc(C(C)C)nc(NCc2scnc2C)n1. The van der Waals surface area contributed by atoms with Crippen LogP contribution >= 0.6 is 11.3 Å². The Kier molecular flexibility index (Phi) is 3.91. The number of aromatic nitrogens is 3. The van der Waals surface area contributed by atoms with E-state index < -0.39 is 0 Å². The maximum absolute atomic E-state index is 4.52. The Hall–Kier alpha value is -1.49. The zero-order valence-corrected chi connectivity index (χ0v) is 12.0. The molecular weight excluding hydrogens is 244 g/mol. The van der Waals surface area contributed by atoms with Gasteiger partial charge in [0.2, 0.25) is 5.95 Å². The molecule has 1 N–H and O–H groups in total. The molecule has 4 nitrogen and oxygen atoms in total. The molecule has 2 heterocycles. The van der Waals surface area contributed by atoms with Crippen molar-refractivity contribution < 1.29 is 0 Å². The largest absolute Gasteiger partial charge is 0.349 e. The van der Waals surface area contributed by atoms with Gasteiger partial charge in [0, 0.05) is 16.3 Å². The molecule has 0 aliphatic rings. The van der Waals surface area contributed by atoms with Crippen molar-refractivity contribution in [3.63, 3.8) is 0 Å². The maximum Gasteiger partial charge on any atom is 0.223 e. The second-order valence-corrected chi connectivity index (χ2v) is 5.57. The third-order valence-electron chi connectivity index (χ3n) is 2.72. The maximum atomic E-state index is 4.52. The van der Waals surface area contributed by atoms with Crippen molar-refractivity contribution in [2.75, 3.05) is 5.32 Å². The number of rotatable bonds is 4. The lowest BCUT2D eigenvalue weighted by molar-refractivity contribution is 0.808. The standard InChI is InChI=1S/C13H18N4S/c1-8(2)11-5-9(3)16-13(17-11)14-6-12-10(4)15-7-18-12/h5,7-8H,6H2,1-4H3,(H,14,16,17). The molecule has 0 saturated heterocycles. The Bertz CT molecular complexity index is 534. The Morgan fingerprint density at radius 1 is 1.28 bits per heavy atom. The van der Waals surface area contributed by atoms with Crippen LogP contribution in [0.25, 0.3) is 0 Å². The topological polar surface area (TPSA) is 50.7 Å². The Morgan fingerprint density at radius 2 is 2.06 bits per heavy atom. The van der Waals surface area contributed by atoms with Crippen molar-refractivity contribution in [1.29, 1.82) is 0 Å². The molecule has 2 aromatic heterocycles. The molecule has 0 bridgehead atoms. The number of aryl methyl sites for hydroxylation is 2. The highest BCUT2D eigenvalue weighted by atomic mass is 32.1. The third-order valence-corrected chi connectivity index (χ3v) is 3.65. The molecule has 0 atom stereocenters. The highest BCUT2D eigenvalue weighted by Gasteiger charge is 2.07. The molecule has 0 unspecified atom stereocenters. The first-order chi connectivity index (χ1) is 8.56. The van der Waals surface area contributed by atoms with Crippen molar-refractivity contribution >= 4 is 17.3 Å². The third kappa shape index (κ3) is 3.04. The molecule has 5 heteroatoms. The molecule has 18 heavy (non-hydrogen) atoms. The van der Waals surface area contributed by atoms with Gasteiger partial charge in [-0.2, -0.15) is 0 Å². The minimum absolute atomic E-state index is 0.414. The van der Waals surface area contributed by atoms with Crippen LogP contribution in [0.1, 0.15) is 41.7 Å². The van der Waals surface area contributed by atoms with Crippen LogP contribution < -0.4 is 5.32 Å². The van der Waals surface area contributed by atoms with Crippen LogP contribution in [0.4, 0.5) is 5.95 Å². The normalized spacial score (nSPS) is 10.9. The smallest absolute Gasteiger partial charge is 0.223 e. The molecule has 0 fully saturated rings. The number of hydrogen-bond acceptors (Lipinski definition) is 5. The van der Waals surface area contributed by atoms with Crippen molar-refractivity contribution in [2.24, 2.45) is 0 Å². The quantitative estimate of drug-likeness (QED) is 0.918. The fraction of sp³-hybridized carbons (Fsp3) is 0.462. The second-order valence-electron chi connectivity index (χ2n) is 4.63. The highest BCUT2D eigenvalue weighted by Crippen LogP contribution is 2.16. The molecule has 0 spiro atoms. The first-order valence-electron chi connectivity index (χ1n) is 6.04. The summed E-state index contributed by atoms with van der Waals surface area (Å²) in [4.78, 5) is 14.4. The van der Waals surface area contributed by atoms with Crippen LogP contribution in [-0.4, -0.2) is 15.0 Å². The summed E-state index contributed by atoms with van der Waals surface area (Å²) in [6.07, 6.45) is 0. The van der Waals surface area contributed by atoms with Gasteiger partial charge in [-0.25, -0.2) is 15.0 Å². The highest BCUT2D eigenvalue weighted by molar-refractivity contribution is 7.09. The summed E-state index contributed by atoms with van der Waals surface area (Å²) in [5.41, 5.74) is 5.01. The second kappa shape index (κ2) is 5.44. The zero-order valence-electron chi connectivity index (χ0n) is 11.2. The molecule has 96 valence electrons. The number of nitrogens with one attached hydrogen (secondary N) is 1. The van der Waals surface area contributed by atoms with Gasteiger partial charge in [0.1, 0.15) is 0 Å². The van der Waals surface area contributed by atoms with Crippen LogP contribution in [0, 0.1) is 13.8 Å². The van der Waals surface area contributed by atoms with Gasteiger partial charge in [-0.1, -0.05) is 13.8 Å². The van der Waals surface area contributed by atoms with E-state index in [9.17, 15) is 0 Å². The average Bonchev–Trinajstić information content (AvgIpc) is 2.71. The summed E-state index contributed by atoms with van der Waals surface area (Å²) in [6.45, 7) is 9.02. The fourth-order valence-corrected chi connectivity index (χ4v) is 2.34. The van der Waals surface area contributed by atoms with Gasteiger partial charge in [0.25, 0.3) is 0 Å². The summed E-state index contributed by atoms with van der Waals surface area (Å²) < 4.78 is 0. The zero-order chi connectivity index (χ0) is 13.1. The van der Waals surface area contributed by atoms with Crippen molar-refractivity contribution in [3.8, 4) is 0 Å². The van der Waals surface area contributed by atoms with E-state index in [1.165, 1.54) is 4.88 Å². The van der Waals surface area contributed by atoms with Crippen molar-refractivity contribution in [3.05, 3.63) is 33.5 Å². The van der Waals surface area contributed by atoms with Gasteiger partial charge in [-0.3, -0.25) is 0 Å². The van der Waals surface area contributed by atoms with Gasteiger partial charge in [-0.05, 0) is 25.8 Å². The van der Waals surface area contributed by atoms with E-state index in [2.05, 4.69) is 34.1 Å². The number of hydrogen-bond donors (Lipinski definition) is 1. The van der Waals surface area contributed by atoms with E-state index in [1.807, 2.05) is 25.4 Å². The lowest BCUT2D eigenvalue weighted by atomic mass is 10.1. The van der Waals surface area contributed by atoms with Crippen LogP contribution in [0.3, 0.4) is 0 Å². The summed E-state index contributed by atoms with van der Waals surface area (Å²) in [5, 5.41) is 3.27.